The van der Waals surface area contributed by atoms with Gasteiger partial charge in [-0.2, -0.15) is 0 Å². The number of aryl methyl sites for hydroxylation is 1. The van der Waals surface area contributed by atoms with Gasteiger partial charge in [0, 0.05) is 33.5 Å². The van der Waals surface area contributed by atoms with Crippen LogP contribution in [0.25, 0.3) is 50.2 Å². The molecule has 0 saturated carbocycles. The fourth-order valence-electron chi connectivity index (χ4n) is 6.63. The Kier molecular flexibility index (Phi) is 6.41. The van der Waals surface area contributed by atoms with Gasteiger partial charge in [0.25, 0.3) is 0 Å². The lowest BCUT2D eigenvalue weighted by Gasteiger charge is -2.27. The first-order valence-corrected chi connectivity index (χ1v) is 15.7. The Morgan fingerprint density at radius 1 is 0.522 bits per heavy atom. The Balaban J connectivity index is 1.22. The van der Waals surface area contributed by atoms with Gasteiger partial charge in [0.15, 0.2) is 0 Å². The molecule has 220 valence electrons. The molecule has 8 aromatic rings. The standard InChI is InChI=1S/C44H34N2/c1-31-32(2)45(36-14-5-3-6-15-36)43-29-34(25-28-39(31)43)22-21-33-23-26-38(27-24-33)46(37-16-7-4-8-17-37)44-30-35-13-9-10-18-40(35)41-19-11-12-20-42(41)44/h3-30H,1-2H3/b22-21+/i21D,22D. The first kappa shape index (κ1) is 25.5. The molecular formula is C44H34N2. The van der Waals surface area contributed by atoms with E-state index in [2.05, 4.69) is 139 Å². The number of nitrogens with zero attached hydrogens (tertiary/aromatic N) is 2. The van der Waals surface area contributed by atoms with Gasteiger partial charge < -0.3 is 9.47 Å². The van der Waals surface area contributed by atoms with Gasteiger partial charge in [-0.05, 0) is 95.2 Å². The second-order valence-corrected chi connectivity index (χ2v) is 11.7. The van der Waals surface area contributed by atoms with Crippen molar-refractivity contribution in [1.82, 2.24) is 4.57 Å². The van der Waals surface area contributed by atoms with Crippen LogP contribution in [0.15, 0.2) is 158 Å². The monoisotopic (exact) mass is 592 g/mol. The third-order valence-corrected chi connectivity index (χ3v) is 9.01. The van der Waals surface area contributed by atoms with Gasteiger partial charge in [-0.3, -0.25) is 0 Å². The van der Waals surface area contributed by atoms with Crippen LogP contribution in [0.1, 0.15) is 25.1 Å². The molecule has 8 rings (SSSR count). The zero-order valence-corrected chi connectivity index (χ0v) is 25.9. The minimum absolute atomic E-state index is 0.189. The van der Waals surface area contributed by atoms with Crippen LogP contribution in [0.5, 0.6) is 0 Å². The molecule has 46 heavy (non-hydrogen) atoms. The van der Waals surface area contributed by atoms with Gasteiger partial charge in [0.2, 0.25) is 0 Å². The maximum Gasteiger partial charge on any atom is 0.0629 e. The van der Waals surface area contributed by atoms with Crippen molar-refractivity contribution in [2.75, 3.05) is 4.90 Å². The number of benzene rings is 7. The van der Waals surface area contributed by atoms with Crippen molar-refractivity contribution >= 4 is 61.6 Å². The minimum atomic E-state index is 0.189. The van der Waals surface area contributed by atoms with Gasteiger partial charge in [-0.25, -0.2) is 0 Å². The number of fused-ring (bicyclic) bond motifs is 4. The summed E-state index contributed by atoms with van der Waals surface area (Å²) < 4.78 is 20.5. The second-order valence-electron chi connectivity index (χ2n) is 11.7. The van der Waals surface area contributed by atoms with E-state index in [1.807, 2.05) is 42.5 Å². The summed E-state index contributed by atoms with van der Waals surface area (Å²) in [4.78, 5) is 2.28. The van der Waals surface area contributed by atoms with Crippen LogP contribution in [-0.4, -0.2) is 4.57 Å². The molecule has 7 aromatic carbocycles. The van der Waals surface area contributed by atoms with Crippen molar-refractivity contribution in [3.8, 4) is 5.69 Å². The first-order valence-electron chi connectivity index (χ1n) is 16.7. The average Bonchev–Trinajstić information content (AvgIpc) is 3.40. The van der Waals surface area contributed by atoms with E-state index in [1.165, 1.54) is 32.8 Å². The van der Waals surface area contributed by atoms with Gasteiger partial charge >= 0.3 is 0 Å². The van der Waals surface area contributed by atoms with E-state index in [0.717, 1.165) is 39.2 Å². The molecule has 1 heterocycles. The predicted octanol–water partition coefficient (Wildman–Crippen LogP) is 12.2. The highest BCUT2D eigenvalue weighted by molar-refractivity contribution is 6.14. The lowest BCUT2D eigenvalue weighted by Crippen LogP contribution is -2.10. The number of para-hydroxylation sites is 2. The van der Waals surface area contributed by atoms with Crippen LogP contribution >= 0.6 is 0 Å². The molecule has 0 amide bonds. The van der Waals surface area contributed by atoms with Gasteiger partial charge in [0.05, 0.1) is 13.9 Å². The van der Waals surface area contributed by atoms with E-state index in [1.54, 1.807) is 0 Å². The number of anilines is 3. The molecule has 0 fully saturated rings. The summed E-state index contributed by atoms with van der Waals surface area (Å²) in [5.74, 6) is 0. The normalized spacial score (nSPS) is 12.7. The molecule has 0 radical (unpaired) electrons. The summed E-state index contributed by atoms with van der Waals surface area (Å²) >= 11 is 0. The number of rotatable bonds is 6. The number of hydrogen-bond donors (Lipinski definition) is 0. The summed E-state index contributed by atoms with van der Waals surface area (Å²) in [6.45, 7) is 4.28. The minimum Gasteiger partial charge on any atom is -0.314 e. The van der Waals surface area contributed by atoms with E-state index in [9.17, 15) is 0 Å². The average molecular weight is 593 g/mol. The molecule has 0 aliphatic heterocycles. The fraction of sp³-hybridized carbons (Fsp3) is 0.0455. The van der Waals surface area contributed by atoms with Crippen LogP contribution in [0.3, 0.4) is 0 Å². The summed E-state index contributed by atoms with van der Waals surface area (Å²) in [5.41, 5.74) is 9.07. The first-order chi connectivity index (χ1) is 23.5. The Morgan fingerprint density at radius 2 is 1.11 bits per heavy atom. The topological polar surface area (TPSA) is 8.17 Å². The third kappa shape index (κ3) is 4.85. The van der Waals surface area contributed by atoms with E-state index < -0.39 is 0 Å². The SMILES string of the molecule is [2H]/C(=C(/[2H])c1ccc2c(C)c(C)n(-c3ccccc3)c2c1)c1ccc(N(c2ccccc2)c2cc3ccccc3c3ccccc23)cc1. The third-order valence-electron chi connectivity index (χ3n) is 9.01. The predicted molar refractivity (Wildman–Crippen MR) is 198 cm³/mol. The van der Waals surface area contributed by atoms with Gasteiger partial charge in [0.1, 0.15) is 0 Å². The molecule has 0 unspecified atom stereocenters. The molecule has 0 saturated heterocycles. The van der Waals surface area contributed by atoms with E-state index in [0.29, 0.717) is 5.56 Å². The van der Waals surface area contributed by atoms with Crippen molar-refractivity contribution in [3.05, 3.63) is 180 Å². The summed E-state index contributed by atoms with van der Waals surface area (Å²) in [7, 11) is 0. The van der Waals surface area contributed by atoms with Crippen molar-refractivity contribution in [3.63, 3.8) is 0 Å². The summed E-state index contributed by atoms with van der Waals surface area (Å²) in [6.07, 6.45) is 0. The summed E-state index contributed by atoms with van der Waals surface area (Å²) in [5, 5.41) is 5.94. The maximum atomic E-state index is 9.11. The molecule has 2 heteroatoms. The smallest absolute Gasteiger partial charge is 0.0629 e. The van der Waals surface area contributed by atoms with Crippen LogP contribution < -0.4 is 4.90 Å². The van der Waals surface area contributed by atoms with Crippen molar-refractivity contribution in [2.45, 2.75) is 13.8 Å². The van der Waals surface area contributed by atoms with Crippen LogP contribution in [-0.2, 0) is 0 Å². The van der Waals surface area contributed by atoms with Crippen molar-refractivity contribution < 1.29 is 2.74 Å². The molecule has 0 spiro atoms. The highest BCUT2D eigenvalue weighted by atomic mass is 15.1. The Hall–Kier alpha value is -5.86. The lowest BCUT2D eigenvalue weighted by molar-refractivity contribution is 1.04. The highest BCUT2D eigenvalue weighted by Gasteiger charge is 2.17. The molecule has 0 bridgehead atoms. The van der Waals surface area contributed by atoms with E-state index in [-0.39, 0.29) is 12.1 Å². The number of aromatic nitrogens is 1. The molecule has 0 atom stereocenters. The molecule has 0 N–H and O–H groups in total. The number of hydrogen-bond acceptors (Lipinski definition) is 1. The second kappa shape index (κ2) is 11.6. The maximum absolute atomic E-state index is 9.11. The molecular weight excluding hydrogens is 556 g/mol. The van der Waals surface area contributed by atoms with Gasteiger partial charge in [-0.15, -0.1) is 0 Å². The van der Waals surface area contributed by atoms with Crippen molar-refractivity contribution in [2.24, 2.45) is 0 Å². The quantitative estimate of drug-likeness (QED) is 0.138. The molecule has 1 aromatic heterocycles. The van der Waals surface area contributed by atoms with Crippen molar-refractivity contribution in [1.29, 1.82) is 0 Å². The van der Waals surface area contributed by atoms with E-state index >= 15 is 0 Å². The van der Waals surface area contributed by atoms with Crippen LogP contribution in [0, 0.1) is 13.8 Å². The Labute approximate surface area is 272 Å². The zero-order chi connectivity index (χ0) is 32.8. The van der Waals surface area contributed by atoms with Crippen LogP contribution in [0.4, 0.5) is 17.1 Å². The molecule has 0 aliphatic carbocycles. The Morgan fingerprint density at radius 3 is 1.87 bits per heavy atom. The molecule has 2 nitrogen and oxygen atoms in total. The fourth-order valence-corrected chi connectivity index (χ4v) is 6.63. The van der Waals surface area contributed by atoms with E-state index in [4.69, 9.17) is 2.74 Å². The van der Waals surface area contributed by atoms with Gasteiger partial charge in [-0.1, -0.05) is 121 Å². The lowest BCUT2D eigenvalue weighted by atomic mass is 9.99. The highest BCUT2D eigenvalue weighted by Crippen LogP contribution is 2.42. The molecule has 0 aliphatic rings. The van der Waals surface area contributed by atoms with Crippen LogP contribution in [0.2, 0.25) is 0 Å². The largest absolute Gasteiger partial charge is 0.314 e. The summed E-state index contributed by atoms with van der Waals surface area (Å²) in [6, 6.07) is 54.6. The zero-order valence-electron chi connectivity index (χ0n) is 27.9. The Bertz CT molecular complexity index is 2480.